The summed E-state index contributed by atoms with van der Waals surface area (Å²) in [6.45, 7) is 1.43. The molecule has 7 nitrogen and oxygen atoms in total. The van der Waals surface area contributed by atoms with E-state index in [1.165, 1.54) is 6.92 Å². The average molecular weight is 264 g/mol. The van der Waals surface area contributed by atoms with Crippen molar-refractivity contribution in [1.29, 1.82) is 0 Å². The molecule has 17 heavy (non-hydrogen) atoms. The highest BCUT2D eigenvalue weighted by molar-refractivity contribution is 7.89. The molecule has 8 heteroatoms. The molecule has 1 amide bonds. The van der Waals surface area contributed by atoms with E-state index in [2.05, 4.69) is 10.0 Å². The van der Waals surface area contributed by atoms with Crippen LogP contribution in [0.3, 0.4) is 0 Å². The minimum Gasteiger partial charge on any atom is -0.481 e. The smallest absolute Gasteiger partial charge is 0.304 e. The van der Waals surface area contributed by atoms with Crippen LogP contribution < -0.4 is 10.0 Å². The zero-order valence-electron chi connectivity index (χ0n) is 9.47. The Morgan fingerprint density at radius 2 is 2.00 bits per heavy atom. The SMILES string of the molecule is CC(NS(=O)(=O)CCC(=O)O)C(=O)NC1CC1. The lowest BCUT2D eigenvalue weighted by Crippen LogP contribution is -2.46. The molecule has 1 rings (SSSR count). The highest BCUT2D eigenvalue weighted by Gasteiger charge is 2.27. The van der Waals surface area contributed by atoms with Gasteiger partial charge in [-0.25, -0.2) is 13.1 Å². The number of amides is 1. The van der Waals surface area contributed by atoms with Crippen molar-refractivity contribution < 1.29 is 23.1 Å². The molecule has 0 radical (unpaired) electrons. The van der Waals surface area contributed by atoms with Gasteiger partial charge in [-0.2, -0.15) is 0 Å². The topological polar surface area (TPSA) is 113 Å². The maximum atomic E-state index is 11.5. The first kappa shape index (κ1) is 13.9. The van der Waals surface area contributed by atoms with Crippen LogP contribution in [0.5, 0.6) is 0 Å². The van der Waals surface area contributed by atoms with Crippen LogP contribution in [0.1, 0.15) is 26.2 Å². The first-order chi connectivity index (χ1) is 7.80. The van der Waals surface area contributed by atoms with Crippen LogP contribution in [-0.2, 0) is 19.6 Å². The Morgan fingerprint density at radius 3 is 2.47 bits per heavy atom. The summed E-state index contributed by atoms with van der Waals surface area (Å²) in [6, 6.07) is -0.720. The lowest BCUT2D eigenvalue weighted by atomic mass is 10.3. The summed E-state index contributed by atoms with van der Waals surface area (Å²) in [5, 5.41) is 11.0. The predicted molar refractivity (Wildman–Crippen MR) is 59.8 cm³/mol. The van der Waals surface area contributed by atoms with Gasteiger partial charge in [0.25, 0.3) is 0 Å². The number of hydrogen-bond acceptors (Lipinski definition) is 4. The molecule has 1 atom stereocenters. The summed E-state index contributed by atoms with van der Waals surface area (Å²) in [5.41, 5.74) is 0. The van der Waals surface area contributed by atoms with Crippen LogP contribution in [0.25, 0.3) is 0 Å². The summed E-state index contributed by atoms with van der Waals surface area (Å²) in [7, 11) is -3.73. The number of nitrogens with one attached hydrogen (secondary N) is 2. The highest BCUT2D eigenvalue weighted by atomic mass is 32.2. The standard InChI is InChI=1S/C9H16N2O5S/c1-6(9(14)10-7-2-3-7)11-17(15,16)5-4-8(12)13/h6-7,11H,2-5H2,1H3,(H,10,14)(H,12,13). The fourth-order valence-corrected chi connectivity index (χ4v) is 2.36. The van der Waals surface area contributed by atoms with Gasteiger partial charge in [0.15, 0.2) is 0 Å². The van der Waals surface area contributed by atoms with Gasteiger partial charge in [0, 0.05) is 6.04 Å². The maximum Gasteiger partial charge on any atom is 0.304 e. The number of rotatable bonds is 7. The monoisotopic (exact) mass is 264 g/mol. The molecule has 0 saturated heterocycles. The van der Waals surface area contributed by atoms with Crippen LogP contribution in [0.2, 0.25) is 0 Å². The normalized spacial score (nSPS) is 17.5. The van der Waals surface area contributed by atoms with Crippen LogP contribution in [0, 0.1) is 0 Å². The highest BCUT2D eigenvalue weighted by Crippen LogP contribution is 2.18. The van der Waals surface area contributed by atoms with Crippen molar-refractivity contribution in [2.45, 2.75) is 38.3 Å². The van der Waals surface area contributed by atoms with Gasteiger partial charge in [-0.15, -0.1) is 0 Å². The Hall–Kier alpha value is -1.15. The number of carboxylic acids is 1. The molecule has 3 N–H and O–H groups in total. The molecule has 1 aliphatic rings. The molecule has 1 saturated carbocycles. The Labute approximate surface area is 99.6 Å². The number of hydrogen-bond donors (Lipinski definition) is 3. The summed E-state index contributed by atoms with van der Waals surface area (Å²) >= 11 is 0. The molecule has 1 fully saturated rings. The Balaban J connectivity index is 2.39. The minimum absolute atomic E-state index is 0.161. The molecule has 0 aromatic heterocycles. The summed E-state index contributed by atoms with van der Waals surface area (Å²) < 4.78 is 24.9. The van der Waals surface area contributed by atoms with Gasteiger partial charge in [0.05, 0.1) is 18.2 Å². The average Bonchev–Trinajstić information content (AvgIpc) is 2.98. The zero-order valence-corrected chi connectivity index (χ0v) is 10.3. The second kappa shape index (κ2) is 5.46. The summed E-state index contributed by atoms with van der Waals surface area (Å²) in [5.74, 6) is -2.10. The zero-order chi connectivity index (χ0) is 13.1. The second-order valence-corrected chi connectivity index (χ2v) is 5.96. The lowest BCUT2D eigenvalue weighted by Gasteiger charge is -2.13. The van der Waals surface area contributed by atoms with E-state index in [4.69, 9.17) is 5.11 Å². The molecule has 0 aromatic carbocycles. The van der Waals surface area contributed by atoms with Gasteiger partial charge in [0.1, 0.15) is 0 Å². The minimum atomic E-state index is -3.73. The Kier molecular flexibility index (Phi) is 4.47. The number of aliphatic carboxylic acids is 1. The van der Waals surface area contributed by atoms with Crippen LogP contribution in [-0.4, -0.2) is 43.2 Å². The largest absolute Gasteiger partial charge is 0.481 e. The fraction of sp³-hybridized carbons (Fsp3) is 0.778. The Bertz CT molecular complexity index is 402. The maximum absolute atomic E-state index is 11.5. The van der Waals surface area contributed by atoms with Crippen molar-refractivity contribution in [3.63, 3.8) is 0 Å². The molecule has 0 spiro atoms. The first-order valence-corrected chi connectivity index (χ1v) is 6.97. The molecule has 0 heterocycles. The first-order valence-electron chi connectivity index (χ1n) is 5.32. The molecule has 0 aromatic rings. The van der Waals surface area contributed by atoms with Gasteiger partial charge < -0.3 is 10.4 Å². The lowest BCUT2D eigenvalue weighted by molar-refractivity contribution is -0.136. The third-order valence-corrected chi connectivity index (χ3v) is 3.71. The van der Waals surface area contributed by atoms with Crippen molar-refractivity contribution in [3.8, 4) is 0 Å². The van der Waals surface area contributed by atoms with E-state index in [9.17, 15) is 18.0 Å². The van der Waals surface area contributed by atoms with Gasteiger partial charge in [-0.1, -0.05) is 0 Å². The van der Waals surface area contributed by atoms with Crippen molar-refractivity contribution in [2.24, 2.45) is 0 Å². The van der Waals surface area contributed by atoms with Crippen molar-refractivity contribution >= 4 is 21.9 Å². The van der Waals surface area contributed by atoms with Gasteiger partial charge in [0.2, 0.25) is 15.9 Å². The van der Waals surface area contributed by atoms with E-state index in [0.29, 0.717) is 0 Å². The summed E-state index contributed by atoms with van der Waals surface area (Å²) in [4.78, 5) is 21.7. The van der Waals surface area contributed by atoms with E-state index < -0.39 is 34.2 Å². The van der Waals surface area contributed by atoms with Gasteiger partial charge >= 0.3 is 5.97 Å². The van der Waals surface area contributed by atoms with Crippen molar-refractivity contribution in [3.05, 3.63) is 0 Å². The molecule has 1 aliphatic carbocycles. The third-order valence-electron chi connectivity index (χ3n) is 2.26. The van der Waals surface area contributed by atoms with E-state index >= 15 is 0 Å². The van der Waals surface area contributed by atoms with E-state index in [0.717, 1.165) is 12.8 Å². The number of sulfonamides is 1. The van der Waals surface area contributed by atoms with Crippen LogP contribution in [0.15, 0.2) is 0 Å². The molecule has 1 unspecified atom stereocenters. The van der Waals surface area contributed by atoms with E-state index in [-0.39, 0.29) is 11.9 Å². The van der Waals surface area contributed by atoms with Crippen LogP contribution >= 0.6 is 0 Å². The molecular formula is C9H16N2O5S. The molecular weight excluding hydrogens is 248 g/mol. The van der Waals surface area contributed by atoms with Crippen molar-refractivity contribution in [1.82, 2.24) is 10.0 Å². The van der Waals surface area contributed by atoms with Gasteiger partial charge in [-0.05, 0) is 19.8 Å². The number of carboxylic acid groups (broad SMARTS) is 1. The molecule has 0 aliphatic heterocycles. The quantitative estimate of drug-likeness (QED) is 0.548. The molecule has 0 bridgehead atoms. The number of carbonyl (C=O) groups excluding carboxylic acids is 1. The number of carbonyl (C=O) groups is 2. The third kappa shape index (κ3) is 5.64. The Morgan fingerprint density at radius 1 is 1.41 bits per heavy atom. The van der Waals surface area contributed by atoms with E-state index in [1.54, 1.807) is 0 Å². The van der Waals surface area contributed by atoms with E-state index in [1.807, 2.05) is 0 Å². The van der Waals surface area contributed by atoms with Gasteiger partial charge in [-0.3, -0.25) is 9.59 Å². The summed E-state index contributed by atoms with van der Waals surface area (Å²) in [6.07, 6.45) is 1.36. The fourth-order valence-electron chi connectivity index (χ4n) is 1.16. The van der Waals surface area contributed by atoms with Crippen LogP contribution in [0.4, 0.5) is 0 Å². The predicted octanol–water partition coefficient (Wildman–Crippen LogP) is -0.952. The second-order valence-electron chi connectivity index (χ2n) is 4.09. The van der Waals surface area contributed by atoms with Crippen molar-refractivity contribution in [2.75, 3.05) is 5.75 Å². The molecule has 98 valence electrons.